The minimum Gasteiger partial charge on any atom is -0.453 e. The predicted molar refractivity (Wildman–Crippen MR) is 73.8 cm³/mol. The van der Waals surface area contributed by atoms with Crippen molar-refractivity contribution in [2.45, 2.75) is 25.4 Å². The lowest BCUT2D eigenvalue weighted by Crippen LogP contribution is -2.32. The smallest absolute Gasteiger partial charge is 0.413 e. The maximum atomic E-state index is 11.7. The second kappa shape index (κ2) is 7.20. The molecule has 0 spiro atoms. The van der Waals surface area contributed by atoms with Gasteiger partial charge in [0, 0.05) is 18.5 Å². The molecule has 0 radical (unpaired) electrons. The average Bonchev–Trinajstić information content (AvgIpc) is 3.08. The van der Waals surface area contributed by atoms with Crippen LogP contribution in [0, 0.1) is 0 Å². The summed E-state index contributed by atoms with van der Waals surface area (Å²) < 4.78 is 9.89. The Morgan fingerprint density at radius 3 is 3.15 bits per heavy atom. The van der Waals surface area contributed by atoms with Gasteiger partial charge in [0.2, 0.25) is 5.91 Å². The van der Waals surface area contributed by atoms with Crippen LogP contribution in [0.15, 0.2) is 5.38 Å². The molecule has 110 valence electrons. The topological polar surface area (TPSA) is 89.5 Å². The average molecular weight is 299 g/mol. The standard InChI is InChI=1S/C12H17N3O4S/c1-18-12(17)15-11-14-8(7-20-11)5-10(16)13-6-9-3-2-4-19-9/h7,9H,2-6H2,1H3,(H,13,16)(H,14,15,17). The first kappa shape index (κ1) is 14.7. The van der Waals surface area contributed by atoms with Crippen molar-refractivity contribution in [1.82, 2.24) is 10.3 Å². The molecular formula is C12H17N3O4S. The number of nitrogens with zero attached hydrogens (tertiary/aromatic N) is 1. The Hall–Kier alpha value is -1.67. The van der Waals surface area contributed by atoms with Gasteiger partial charge in [-0.3, -0.25) is 10.1 Å². The van der Waals surface area contributed by atoms with Crippen LogP contribution in [0.25, 0.3) is 0 Å². The highest BCUT2D eigenvalue weighted by Gasteiger charge is 2.16. The molecule has 1 atom stereocenters. The van der Waals surface area contributed by atoms with Crippen LogP contribution in [0.4, 0.5) is 9.93 Å². The number of thiazole rings is 1. The highest BCUT2D eigenvalue weighted by molar-refractivity contribution is 7.13. The second-order valence-electron chi connectivity index (χ2n) is 4.38. The first-order valence-electron chi connectivity index (χ1n) is 6.35. The first-order valence-corrected chi connectivity index (χ1v) is 7.23. The summed E-state index contributed by atoms with van der Waals surface area (Å²) in [4.78, 5) is 26.9. The molecule has 1 aliphatic rings. The second-order valence-corrected chi connectivity index (χ2v) is 5.23. The van der Waals surface area contributed by atoms with Gasteiger partial charge in [-0.15, -0.1) is 11.3 Å². The number of carbonyl (C=O) groups is 2. The Balaban J connectivity index is 1.74. The van der Waals surface area contributed by atoms with Gasteiger partial charge in [-0.05, 0) is 12.8 Å². The van der Waals surface area contributed by atoms with Gasteiger partial charge in [0.1, 0.15) is 0 Å². The molecule has 2 rings (SSSR count). The summed E-state index contributed by atoms with van der Waals surface area (Å²) in [7, 11) is 1.28. The van der Waals surface area contributed by atoms with E-state index >= 15 is 0 Å². The molecule has 1 aliphatic heterocycles. The highest BCUT2D eigenvalue weighted by Crippen LogP contribution is 2.16. The van der Waals surface area contributed by atoms with Gasteiger partial charge in [0.05, 0.1) is 25.3 Å². The lowest BCUT2D eigenvalue weighted by Gasteiger charge is -2.09. The molecule has 0 aliphatic carbocycles. The third-order valence-electron chi connectivity index (χ3n) is 2.84. The number of rotatable bonds is 5. The van der Waals surface area contributed by atoms with Gasteiger partial charge in [-0.25, -0.2) is 9.78 Å². The maximum absolute atomic E-state index is 11.7. The minimum atomic E-state index is -0.575. The van der Waals surface area contributed by atoms with Crippen LogP contribution in [0.2, 0.25) is 0 Å². The van der Waals surface area contributed by atoms with E-state index in [2.05, 4.69) is 20.4 Å². The number of nitrogens with one attached hydrogen (secondary N) is 2. The molecular weight excluding hydrogens is 282 g/mol. The third kappa shape index (κ3) is 4.46. The number of hydrogen-bond acceptors (Lipinski definition) is 6. The SMILES string of the molecule is COC(=O)Nc1nc(CC(=O)NCC2CCCO2)cs1. The fourth-order valence-corrected chi connectivity index (χ4v) is 2.54. The van der Waals surface area contributed by atoms with Crippen LogP contribution in [-0.4, -0.2) is 43.3 Å². The monoisotopic (exact) mass is 299 g/mol. The molecule has 1 aromatic heterocycles. The number of amides is 2. The summed E-state index contributed by atoms with van der Waals surface area (Å²) in [6.07, 6.45) is 1.78. The zero-order chi connectivity index (χ0) is 14.4. The molecule has 0 bridgehead atoms. The Kier molecular flexibility index (Phi) is 5.31. The molecule has 1 fully saturated rings. The molecule has 0 aromatic carbocycles. The Morgan fingerprint density at radius 2 is 2.45 bits per heavy atom. The van der Waals surface area contributed by atoms with Gasteiger partial charge in [-0.1, -0.05) is 0 Å². The largest absolute Gasteiger partial charge is 0.453 e. The molecule has 2 heterocycles. The van der Waals surface area contributed by atoms with Crippen molar-refractivity contribution >= 4 is 28.5 Å². The minimum absolute atomic E-state index is 0.101. The van der Waals surface area contributed by atoms with Crippen molar-refractivity contribution in [3.05, 3.63) is 11.1 Å². The quantitative estimate of drug-likeness (QED) is 0.851. The Morgan fingerprint density at radius 1 is 1.60 bits per heavy atom. The van der Waals surface area contributed by atoms with E-state index in [9.17, 15) is 9.59 Å². The van der Waals surface area contributed by atoms with E-state index in [0.29, 0.717) is 17.4 Å². The summed E-state index contributed by atoms with van der Waals surface area (Å²) in [6, 6.07) is 0. The Labute approximate surface area is 120 Å². The van der Waals surface area contributed by atoms with E-state index in [1.165, 1.54) is 18.4 Å². The number of hydrogen-bond donors (Lipinski definition) is 2. The van der Waals surface area contributed by atoms with Gasteiger partial charge in [-0.2, -0.15) is 0 Å². The van der Waals surface area contributed by atoms with E-state index in [1.807, 2.05) is 0 Å². The molecule has 8 heteroatoms. The van der Waals surface area contributed by atoms with Gasteiger partial charge in [0.25, 0.3) is 0 Å². The number of carbonyl (C=O) groups excluding carboxylic acids is 2. The van der Waals surface area contributed by atoms with Crippen LogP contribution < -0.4 is 10.6 Å². The zero-order valence-corrected chi connectivity index (χ0v) is 12.0. The molecule has 7 nitrogen and oxygen atoms in total. The molecule has 20 heavy (non-hydrogen) atoms. The summed E-state index contributed by atoms with van der Waals surface area (Å²) in [5.74, 6) is -0.101. The van der Waals surface area contributed by atoms with E-state index in [1.54, 1.807) is 5.38 Å². The van der Waals surface area contributed by atoms with Crippen LogP contribution >= 0.6 is 11.3 Å². The van der Waals surface area contributed by atoms with E-state index in [4.69, 9.17) is 4.74 Å². The number of anilines is 1. The van der Waals surface area contributed by atoms with Gasteiger partial charge >= 0.3 is 6.09 Å². The van der Waals surface area contributed by atoms with Crippen molar-refractivity contribution in [3.63, 3.8) is 0 Å². The normalized spacial score (nSPS) is 17.8. The molecule has 1 saturated heterocycles. The van der Waals surface area contributed by atoms with Crippen LogP contribution in [0.3, 0.4) is 0 Å². The highest BCUT2D eigenvalue weighted by atomic mass is 32.1. The van der Waals surface area contributed by atoms with Crippen LogP contribution in [-0.2, 0) is 20.7 Å². The lowest BCUT2D eigenvalue weighted by atomic mass is 10.2. The fourth-order valence-electron chi connectivity index (χ4n) is 1.84. The van der Waals surface area contributed by atoms with Crippen molar-refractivity contribution < 1.29 is 19.1 Å². The Bertz CT molecular complexity index is 471. The van der Waals surface area contributed by atoms with Gasteiger partial charge < -0.3 is 14.8 Å². The first-order chi connectivity index (χ1) is 9.67. The number of methoxy groups -OCH3 is 1. The summed E-state index contributed by atoms with van der Waals surface area (Å²) in [6.45, 7) is 1.31. The van der Waals surface area contributed by atoms with Crippen molar-refractivity contribution in [1.29, 1.82) is 0 Å². The summed E-state index contributed by atoms with van der Waals surface area (Å²) in [5.41, 5.74) is 0.617. The third-order valence-corrected chi connectivity index (χ3v) is 3.65. The summed E-state index contributed by atoms with van der Waals surface area (Å²) >= 11 is 1.25. The number of aromatic nitrogens is 1. The molecule has 0 saturated carbocycles. The molecule has 1 aromatic rings. The van der Waals surface area contributed by atoms with Crippen LogP contribution in [0.1, 0.15) is 18.5 Å². The molecule has 2 N–H and O–H groups in total. The van der Waals surface area contributed by atoms with Crippen molar-refractivity contribution in [2.24, 2.45) is 0 Å². The van der Waals surface area contributed by atoms with Crippen molar-refractivity contribution in [3.8, 4) is 0 Å². The van der Waals surface area contributed by atoms with E-state index in [0.717, 1.165) is 19.4 Å². The number of ether oxygens (including phenoxy) is 2. The van der Waals surface area contributed by atoms with Crippen LogP contribution in [0.5, 0.6) is 0 Å². The molecule has 2 amide bonds. The van der Waals surface area contributed by atoms with Crippen molar-refractivity contribution in [2.75, 3.05) is 25.6 Å². The maximum Gasteiger partial charge on any atom is 0.413 e. The fraction of sp³-hybridized carbons (Fsp3) is 0.583. The molecule has 1 unspecified atom stereocenters. The lowest BCUT2D eigenvalue weighted by molar-refractivity contribution is -0.121. The van der Waals surface area contributed by atoms with E-state index in [-0.39, 0.29) is 18.4 Å². The van der Waals surface area contributed by atoms with E-state index < -0.39 is 6.09 Å². The summed E-state index contributed by atoms with van der Waals surface area (Å²) in [5, 5.41) is 7.43. The zero-order valence-electron chi connectivity index (χ0n) is 11.2. The predicted octanol–water partition coefficient (Wildman–Crippen LogP) is 1.16. The van der Waals surface area contributed by atoms with Gasteiger partial charge in [0.15, 0.2) is 5.13 Å².